The van der Waals surface area contributed by atoms with Crippen molar-refractivity contribution in [1.82, 2.24) is 34.6 Å². The molecule has 0 atom stereocenters. The van der Waals surface area contributed by atoms with Crippen LogP contribution in [-0.2, 0) is 0 Å². The predicted octanol–water partition coefficient (Wildman–Crippen LogP) is 0.509. The molecule has 0 amide bonds. The molecule has 122 valence electrons. The van der Waals surface area contributed by atoms with E-state index in [0.29, 0.717) is 5.69 Å². The summed E-state index contributed by atoms with van der Waals surface area (Å²) in [4.78, 5) is 4.71. The maximum absolute atomic E-state index is 9.28. The highest BCUT2D eigenvalue weighted by molar-refractivity contribution is 5.78. The zero-order chi connectivity index (χ0) is 16.5. The average molecular weight is 325 g/mol. The number of aliphatic hydroxyl groups excluding tert-OH is 2. The monoisotopic (exact) mass is 325 g/mol. The lowest BCUT2D eigenvalue weighted by Gasteiger charge is -2.10. The number of H-pyrrole nitrogens is 1. The Labute approximate surface area is 136 Å². The van der Waals surface area contributed by atoms with Gasteiger partial charge in [-0.3, -0.25) is 9.78 Å². The molecule has 0 saturated carbocycles. The van der Waals surface area contributed by atoms with Crippen molar-refractivity contribution < 1.29 is 10.2 Å². The Morgan fingerprint density at radius 2 is 1.96 bits per heavy atom. The number of fused-ring (bicyclic) bond motifs is 1. The molecular weight excluding hydrogens is 310 g/mol. The summed E-state index contributed by atoms with van der Waals surface area (Å²) in [5.74, 6) is 0. The van der Waals surface area contributed by atoms with Crippen LogP contribution in [-0.4, -0.2) is 58.0 Å². The first-order valence-corrected chi connectivity index (χ1v) is 7.40. The average Bonchev–Trinajstić information content (AvgIpc) is 3.35. The van der Waals surface area contributed by atoms with Crippen LogP contribution in [0.25, 0.3) is 28.0 Å². The summed E-state index contributed by atoms with van der Waals surface area (Å²) in [6, 6.07) is 1.41. The Balaban J connectivity index is 1.83. The lowest BCUT2D eigenvalue weighted by atomic mass is 10.2. The smallest absolute Gasteiger partial charge is 0.0999 e. The van der Waals surface area contributed by atoms with Gasteiger partial charge in [0, 0.05) is 23.5 Å². The molecule has 0 unspecified atom stereocenters. The van der Waals surface area contributed by atoms with Gasteiger partial charge >= 0.3 is 0 Å². The number of aliphatic hydroxyl groups is 2. The first kappa shape index (κ1) is 14.5. The van der Waals surface area contributed by atoms with Crippen LogP contribution in [0.2, 0.25) is 0 Å². The van der Waals surface area contributed by atoms with Gasteiger partial charge in [0.15, 0.2) is 0 Å². The Bertz CT molecular complexity index is 953. The molecule has 9 heteroatoms. The van der Waals surface area contributed by atoms with Crippen LogP contribution in [0.4, 0.5) is 0 Å². The van der Waals surface area contributed by atoms with E-state index in [-0.39, 0.29) is 13.2 Å². The Hall–Kier alpha value is -3.04. The fourth-order valence-electron chi connectivity index (χ4n) is 2.55. The first-order chi connectivity index (χ1) is 11.8. The maximum atomic E-state index is 9.28. The minimum Gasteiger partial charge on any atom is -0.394 e. The summed E-state index contributed by atoms with van der Waals surface area (Å²) in [5, 5.41) is 33.8. The number of hydrogen-bond donors (Lipinski definition) is 3. The molecular formula is C15H15N7O2. The van der Waals surface area contributed by atoms with E-state index in [4.69, 9.17) is 4.98 Å². The van der Waals surface area contributed by atoms with E-state index >= 15 is 0 Å². The molecule has 9 nitrogen and oxygen atoms in total. The quantitative estimate of drug-likeness (QED) is 0.492. The van der Waals surface area contributed by atoms with Gasteiger partial charge in [-0.05, 0) is 6.07 Å². The largest absolute Gasteiger partial charge is 0.394 e. The molecule has 0 aromatic carbocycles. The van der Waals surface area contributed by atoms with Crippen LogP contribution in [0.15, 0.2) is 43.2 Å². The van der Waals surface area contributed by atoms with Crippen molar-refractivity contribution >= 4 is 5.52 Å². The van der Waals surface area contributed by atoms with Crippen molar-refractivity contribution in [1.29, 1.82) is 0 Å². The van der Waals surface area contributed by atoms with E-state index in [1.165, 1.54) is 4.68 Å². The molecule has 4 rings (SSSR count). The van der Waals surface area contributed by atoms with Gasteiger partial charge in [-0.25, -0.2) is 9.50 Å². The van der Waals surface area contributed by atoms with Crippen LogP contribution < -0.4 is 0 Å². The fourth-order valence-corrected chi connectivity index (χ4v) is 2.55. The third-order valence-electron chi connectivity index (χ3n) is 3.85. The summed E-state index contributed by atoms with van der Waals surface area (Å²) in [5.41, 5.74) is 3.94. The van der Waals surface area contributed by atoms with Gasteiger partial charge in [0.25, 0.3) is 0 Å². The summed E-state index contributed by atoms with van der Waals surface area (Å²) in [7, 11) is 0. The third-order valence-corrected chi connectivity index (χ3v) is 3.85. The van der Waals surface area contributed by atoms with E-state index in [0.717, 1.165) is 22.3 Å². The molecule has 0 fully saturated rings. The Morgan fingerprint density at radius 1 is 1.08 bits per heavy atom. The normalized spacial score (nSPS) is 11.6. The van der Waals surface area contributed by atoms with Gasteiger partial charge in [0.2, 0.25) is 0 Å². The molecule has 0 bridgehead atoms. The van der Waals surface area contributed by atoms with Gasteiger partial charge in [0.1, 0.15) is 0 Å². The highest BCUT2D eigenvalue weighted by Crippen LogP contribution is 2.26. The van der Waals surface area contributed by atoms with Crippen molar-refractivity contribution in [3.63, 3.8) is 0 Å². The van der Waals surface area contributed by atoms with E-state index in [1.807, 2.05) is 12.3 Å². The van der Waals surface area contributed by atoms with Gasteiger partial charge in [-0.15, -0.1) is 0 Å². The molecule has 24 heavy (non-hydrogen) atoms. The zero-order valence-electron chi connectivity index (χ0n) is 12.6. The summed E-state index contributed by atoms with van der Waals surface area (Å²) in [6.45, 7) is -0.382. The first-order valence-electron chi connectivity index (χ1n) is 7.40. The number of nitrogens with one attached hydrogen (secondary N) is 1. The molecule has 3 N–H and O–H groups in total. The van der Waals surface area contributed by atoms with Gasteiger partial charge in [0.05, 0.1) is 60.9 Å². The lowest BCUT2D eigenvalue weighted by Crippen LogP contribution is -2.17. The standard InChI is InChI=1S/C15H15N7O2/c23-8-12(9-24)21-6-11(5-19-21)13-7-22-14(1-2-18-22)15(20-13)10-3-16-17-4-10/h1-7,12,23-24H,8-9H2,(H,16,17). The third kappa shape index (κ3) is 2.36. The van der Waals surface area contributed by atoms with E-state index in [1.54, 1.807) is 35.5 Å². The summed E-state index contributed by atoms with van der Waals surface area (Å²) >= 11 is 0. The summed E-state index contributed by atoms with van der Waals surface area (Å²) in [6.07, 6.45) is 10.4. The van der Waals surface area contributed by atoms with Crippen molar-refractivity contribution in [3.8, 4) is 22.5 Å². The summed E-state index contributed by atoms with van der Waals surface area (Å²) < 4.78 is 3.28. The Kier molecular flexibility index (Phi) is 3.56. The number of hydrogen-bond acceptors (Lipinski definition) is 6. The van der Waals surface area contributed by atoms with Crippen LogP contribution in [0.5, 0.6) is 0 Å². The number of nitrogens with zero attached hydrogens (tertiary/aromatic N) is 6. The molecule has 0 saturated heterocycles. The van der Waals surface area contributed by atoms with Gasteiger partial charge in [-0.1, -0.05) is 0 Å². The van der Waals surface area contributed by atoms with E-state index in [2.05, 4.69) is 20.4 Å². The van der Waals surface area contributed by atoms with Crippen LogP contribution >= 0.6 is 0 Å². The van der Waals surface area contributed by atoms with Crippen molar-refractivity contribution in [2.75, 3.05) is 13.2 Å². The second-order valence-electron chi connectivity index (χ2n) is 5.35. The molecule has 0 aliphatic carbocycles. The molecule has 0 aliphatic heterocycles. The minimum absolute atomic E-state index is 0.191. The topological polar surface area (TPSA) is 117 Å². The van der Waals surface area contributed by atoms with Crippen molar-refractivity contribution in [2.24, 2.45) is 0 Å². The van der Waals surface area contributed by atoms with Crippen LogP contribution in [0.3, 0.4) is 0 Å². The van der Waals surface area contributed by atoms with E-state index in [9.17, 15) is 10.2 Å². The molecule has 0 spiro atoms. The lowest BCUT2D eigenvalue weighted by molar-refractivity contribution is 0.146. The molecule has 4 aromatic heterocycles. The van der Waals surface area contributed by atoms with E-state index < -0.39 is 6.04 Å². The number of aromatic amines is 1. The second-order valence-corrected chi connectivity index (χ2v) is 5.35. The highest BCUT2D eigenvalue weighted by Gasteiger charge is 2.15. The van der Waals surface area contributed by atoms with Gasteiger partial charge in [-0.2, -0.15) is 15.3 Å². The minimum atomic E-state index is -0.472. The molecule has 4 aromatic rings. The maximum Gasteiger partial charge on any atom is 0.0999 e. The van der Waals surface area contributed by atoms with Crippen LogP contribution in [0, 0.1) is 0 Å². The highest BCUT2D eigenvalue weighted by atomic mass is 16.3. The second kappa shape index (κ2) is 5.87. The fraction of sp³-hybridized carbons (Fsp3) is 0.200. The van der Waals surface area contributed by atoms with Crippen LogP contribution in [0.1, 0.15) is 6.04 Å². The molecule has 4 heterocycles. The molecule has 0 radical (unpaired) electrons. The predicted molar refractivity (Wildman–Crippen MR) is 85.0 cm³/mol. The van der Waals surface area contributed by atoms with Gasteiger partial charge < -0.3 is 10.2 Å². The number of aromatic nitrogens is 7. The molecule has 0 aliphatic rings. The zero-order valence-corrected chi connectivity index (χ0v) is 12.6. The Morgan fingerprint density at radius 3 is 2.71 bits per heavy atom. The SMILES string of the molecule is OCC(CO)n1cc(-c2cn3nccc3c(-c3cn[nH]c3)n2)cn1. The number of rotatable bonds is 5. The van der Waals surface area contributed by atoms with Crippen molar-refractivity contribution in [2.45, 2.75) is 6.04 Å². The van der Waals surface area contributed by atoms with Crippen molar-refractivity contribution in [3.05, 3.63) is 43.2 Å².